The van der Waals surface area contributed by atoms with E-state index in [0.29, 0.717) is 28.1 Å². The highest BCUT2D eigenvalue weighted by molar-refractivity contribution is 6.31. The van der Waals surface area contributed by atoms with E-state index in [-0.39, 0.29) is 18.0 Å². The van der Waals surface area contributed by atoms with Crippen LogP contribution in [0.1, 0.15) is 55.6 Å². The summed E-state index contributed by atoms with van der Waals surface area (Å²) in [5.41, 5.74) is 0.806. The summed E-state index contributed by atoms with van der Waals surface area (Å²) in [4.78, 5) is 37.8. The average molecular weight is 416 g/mol. The van der Waals surface area contributed by atoms with Gasteiger partial charge in [-0.05, 0) is 44.9 Å². The summed E-state index contributed by atoms with van der Waals surface area (Å²) < 4.78 is 5.23. The Balaban J connectivity index is 2.21. The Morgan fingerprint density at radius 3 is 2.31 bits per heavy atom. The molecule has 0 unspecified atom stereocenters. The number of amides is 1. The Bertz CT molecular complexity index is 887. The molecule has 0 aliphatic carbocycles. The van der Waals surface area contributed by atoms with Crippen molar-refractivity contribution in [3.05, 3.63) is 70.2 Å². The van der Waals surface area contributed by atoms with E-state index in [4.69, 9.17) is 16.3 Å². The number of carbonyl (C=O) groups is 3. The molecule has 1 N–H and O–H groups in total. The summed E-state index contributed by atoms with van der Waals surface area (Å²) >= 11 is 6.09. The minimum atomic E-state index is -0.708. The molecule has 0 bridgehead atoms. The van der Waals surface area contributed by atoms with E-state index >= 15 is 0 Å². The molecule has 0 fully saturated rings. The van der Waals surface area contributed by atoms with Crippen molar-refractivity contribution in [3.8, 4) is 0 Å². The lowest BCUT2D eigenvalue weighted by Gasteiger charge is -2.22. The zero-order valence-corrected chi connectivity index (χ0v) is 17.9. The van der Waals surface area contributed by atoms with Crippen LogP contribution in [-0.2, 0) is 16.0 Å². The molecule has 0 spiro atoms. The van der Waals surface area contributed by atoms with Crippen LogP contribution in [0.15, 0.2) is 48.5 Å². The molecule has 0 heterocycles. The average Bonchev–Trinajstić information content (AvgIpc) is 2.66. The van der Waals surface area contributed by atoms with E-state index in [2.05, 4.69) is 5.32 Å². The summed E-state index contributed by atoms with van der Waals surface area (Å²) in [6.07, 6.45) is -0.234. The normalized spacial score (nSPS) is 12.2. The van der Waals surface area contributed by atoms with Crippen LogP contribution in [0.5, 0.6) is 0 Å². The summed E-state index contributed by atoms with van der Waals surface area (Å²) in [6, 6.07) is 13.0. The fourth-order valence-electron chi connectivity index (χ4n) is 2.83. The van der Waals surface area contributed by atoms with Gasteiger partial charge in [-0.3, -0.25) is 9.59 Å². The van der Waals surface area contributed by atoms with Crippen molar-refractivity contribution in [3.63, 3.8) is 0 Å². The summed E-state index contributed by atoms with van der Waals surface area (Å²) in [6.45, 7) is 7.07. The first kappa shape index (κ1) is 22.6. The molecule has 154 valence electrons. The number of alkyl carbamates (subject to hydrolysis) is 1. The first-order chi connectivity index (χ1) is 13.6. The number of hydrogen-bond acceptors (Lipinski definition) is 4. The number of rotatable bonds is 7. The topological polar surface area (TPSA) is 72.5 Å². The van der Waals surface area contributed by atoms with E-state index in [1.807, 2.05) is 6.07 Å². The molecule has 2 rings (SSSR count). The van der Waals surface area contributed by atoms with Gasteiger partial charge in [0.1, 0.15) is 5.60 Å². The third-order valence-corrected chi connectivity index (χ3v) is 4.44. The second kappa shape index (κ2) is 9.70. The Hall–Kier alpha value is -2.66. The van der Waals surface area contributed by atoms with E-state index in [0.717, 1.165) is 0 Å². The van der Waals surface area contributed by atoms with E-state index in [1.165, 1.54) is 0 Å². The fraction of sp³-hybridized carbons (Fsp3) is 0.348. The van der Waals surface area contributed by atoms with E-state index < -0.39 is 17.7 Å². The maximum absolute atomic E-state index is 12.9. The number of ketones is 2. The van der Waals surface area contributed by atoms with Gasteiger partial charge >= 0.3 is 6.09 Å². The molecule has 2 aromatic carbocycles. The van der Waals surface area contributed by atoms with Gasteiger partial charge < -0.3 is 10.1 Å². The van der Waals surface area contributed by atoms with Gasteiger partial charge in [0.05, 0.1) is 6.04 Å². The number of benzene rings is 2. The molecule has 5 nitrogen and oxygen atoms in total. The van der Waals surface area contributed by atoms with Crippen LogP contribution in [0.2, 0.25) is 5.02 Å². The van der Waals surface area contributed by atoms with E-state index in [9.17, 15) is 14.4 Å². The SMILES string of the molecule is CC[C@H](NC(=O)OC(C)(C)C)C(=O)Cc1ccc(Cl)cc1C(=O)c1ccccc1. The number of hydrogen-bond donors (Lipinski definition) is 1. The summed E-state index contributed by atoms with van der Waals surface area (Å²) in [7, 11) is 0. The quantitative estimate of drug-likeness (QED) is 0.647. The van der Waals surface area contributed by atoms with Gasteiger partial charge in [-0.15, -0.1) is 0 Å². The zero-order valence-electron chi connectivity index (χ0n) is 17.1. The maximum atomic E-state index is 12.9. The zero-order chi connectivity index (χ0) is 21.6. The highest BCUT2D eigenvalue weighted by atomic mass is 35.5. The van der Waals surface area contributed by atoms with Crippen LogP contribution in [0, 0.1) is 0 Å². The van der Waals surface area contributed by atoms with Crippen LogP contribution in [0.25, 0.3) is 0 Å². The van der Waals surface area contributed by atoms with Crippen molar-refractivity contribution < 1.29 is 19.1 Å². The number of Topliss-reactive ketones (excluding diaryl/α,β-unsaturated/α-hetero) is 1. The van der Waals surface area contributed by atoms with Gasteiger partial charge in [0.25, 0.3) is 0 Å². The predicted molar refractivity (Wildman–Crippen MR) is 113 cm³/mol. The minimum Gasteiger partial charge on any atom is -0.444 e. The lowest BCUT2D eigenvalue weighted by atomic mass is 9.93. The monoisotopic (exact) mass is 415 g/mol. The van der Waals surface area contributed by atoms with Gasteiger partial charge in [0.2, 0.25) is 0 Å². The molecule has 0 saturated carbocycles. The predicted octanol–water partition coefficient (Wildman–Crippen LogP) is 4.99. The molecule has 1 atom stereocenters. The standard InChI is InChI=1S/C23H26ClNO4/c1-5-19(25-22(28)29-23(2,3)4)20(26)13-16-11-12-17(24)14-18(16)21(27)15-9-7-6-8-10-15/h6-12,14,19H,5,13H2,1-4H3,(H,25,28)/t19-/m0/s1. The van der Waals surface area contributed by atoms with Crippen molar-refractivity contribution in [1.29, 1.82) is 0 Å². The van der Waals surface area contributed by atoms with Crippen LogP contribution in [0.3, 0.4) is 0 Å². The fourth-order valence-corrected chi connectivity index (χ4v) is 3.00. The van der Waals surface area contributed by atoms with Crippen LogP contribution in [0.4, 0.5) is 4.79 Å². The van der Waals surface area contributed by atoms with Gasteiger partial charge in [-0.1, -0.05) is 54.9 Å². The minimum absolute atomic E-state index is 0.000615. The van der Waals surface area contributed by atoms with Crippen molar-refractivity contribution in [2.45, 2.75) is 52.2 Å². The second-order valence-corrected chi connectivity index (χ2v) is 8.18. The molecule has 29 heavy (non-hydrogen) atoms. The molecule has 1 amide bonds. The molecule has 0 radical (unpaired) electrons. The van der Waals surface area contributed by atoms with Gasteiger partial charge in [0.15, 0.2) is 11.6 Å². The van der Waals surface area contributed by atoms with Crippen LogP contribution >= 0.6 is 11.6 Å². The number of carbonyl (C=O) groups excluding carboxylic acids is 3. The van der Waals surface area contributed by atoms with Crippen molar-refractivity contribution in [2.24, 2.45) is 0 Å². The number of ether oxygens (including phenoxy) is 1. The largest absolute Gasteiger partial charge is 0.444 e. The molecular weight excluding hydrogens is 390 g/mol. The molecule has 0 aromatic heterocycles. The Labute approximate surface area is 176 Å². The maximum Gasteiger partial charge on any atom is 0.408 e. The van der Waals surface area contributed by atoms with Crippen LogP contribution < -0.4 is 5.32 Å². The lowest BCUT2D eigenvalue weighted by Crippen LogP contribution is -2.43. The molecule has 6 heteroatoms. The van der Waals surface area contributed by atoms with Gasteiger partial charge in [0, 0.05) is 22.6 Å². The smallest absolute Gasteiger partial charge is 0.408 e. The van der Waals surface area contributed by atoms with Gasteiger partial charge in [-0.25, -0.2) is 4.79 Å². The second-order valence-electron chi connectivity index (χ2n) is 7.75. The first-order valence-corrected chi connectivity index (χ1v) is 9.89. The Kier molecular flexibility index (Phi) is 7.57. The van der Waals surface area contributed by atoms with Gasteiger partial charge in [-0.2, -0.15) is 0 Å². The molecule has 0 aliphatic rings. The lowest BCUT2D eigenvalue weighted by molar-refractivity contribution is -0.120. The van der Waals surface area contributed by atoms with Crippen molar-refractivity contribution in [1.82, 2.24) is 5.32 Å². The third-order valence-electron chi connectivity index (χ3n) is 4.21. The van der Waals surface area contributed by atoms with Crippen molar-refractivity contribution >= 4 is 29.3 Å². The molecule has 0 saturated heterocycles. The highest BCUT2D eigenvalue weighted by Crippen LogP contribution is 2.21. The van der Waals surface area contributed by atoms with Crippen LogP contribution in [-0.4, -0.2) is 29.3 Å². The molecule has 0 aliphatic heterocycles. The van der Waals surface area contributed by atoms with E-state index in [1.54, 1.807) is 70.2 Å². The molecule has 2 aromatic rings. The first-order valence-electron chi connectivity index (χ1n) is 9.51. The summed E-state index contributed by atoms with van der Waals surface area (Å²) in [5, 5.41) is 3.03. The highest BCUT2D eigenvalue weighted by Gasteiger charge is 2.24. The summed E-state index contributed by atoms with van der Waals surface area (Å²) in [5.74, 6) is -0.410. The third kappa shape index (κ3) is 6.71. The Morgan fingerprint density at radius 1 is 1.07 bits per heavy atom. The number of nitrogens with one attached hydrogen (secondary N) is 1. The number of halogens is 1. The Morgan fingerprint density at radius 2 is 1.72 bits per heavy atom. The van der Waals surface area contributed by atoms with Crippen molar-refractivity contribution in [2.75, 3.05) is 0 Å². The molecular formula is C23H26ClNO4.